The smallest absolute Gasteiger partial charge is 0.311 e. The van der Waals surface area contributed by atoms with Gasteiger partial charge in [0, 0.05) is 12.5 Å². The van der Waals surface area contributed by atoms with E-state index in [1.165, 1.54) is 12.1 Å². The van der Waals surface area contributed by atoms with E-state index in [1.54, 1.807) is 0 Å². The molecule has 0 amide bonds. The fourth-order valence-electron chi connectivity index (χ4n) is 2.09. The van der Waals surface area contributed by atoms with Crippen molar-refractivity contribution in [1.82, 2.24) is 5.32 Å². The summed E-state index contributed by atoms with van der Waals surface area (Å²) in [5, 5.41) is 2.56. The van der Waals surface area contributed by atoms with E-state index in [9.17, 15) is 22.0 Å². The van der Waals surface area contributed by atoms with Crippen LogP contribution in [-0.4, -0.2) is 19.0 Å². The zero-order chi connectivity index (χ0) is 13.4. The van der Waals surface area contributed by atoms with Crippen molar-refractivity contribution in [3.63, 3.8) is 0 Å². The Bertz CT molecular complexity index is 427. The highest BCUT2D eigenvalue weighted by atomic mass is 19.4. The minimum absolute atomic E-state index is 0.0517. The third-order valence-electron chi connectivity index (χ3n) is 3.09. The zero-order valence-corrected chi connectivity index (χ0v) is 9.40. The number of benzene rings is 1. The molecule has 0 spiro atoms. The largest absolute Gasteiger partial charge is 0.416 e. The Kier molecular flexibility index (Phi) is 3.31. The quantitative estimate of drug-likeness (QED) is 0.810. The summed E-state index contributed by atoms with van der Waals surface area (Å²) in [6, 6.07) is 4.57. The van der Waals surface area contributed by atoms with Crippen LogP contribution < -0.4 is 5.32 Å². The molecule has 0 aliphatic carbocycles. The van der Waals surface area contributed by atoms with Crippen LogP contribution in [0.1, 0.15) is 11.1 Å². The highest BCUT2D eigenvalue weighted by molar-refractivity contribution is 5.26. The first-order valence-electron chi connectivity index (χ1n) is 5.54. The summed E-state index contributed by atoms with van der Waals surface area (Å²) in [5.74, 6) is -3.80. The first kappa shape index (κ1) is 13.3. The standard InChI is InChI=1S/C12H12F5N/c13-11(14)7-18-6-10(11)5-8-2-1-3-9(4-8)12(15,16)17/h1-4,10,18H,5-7H2. The minimum Gasteiger partial charge on any atom is -0.311 e. The van der Waals surface area contributed by atoms with Gasteiger partial charge in [0.15, 0.2) is 0 Å². The molecule has 0 bridgehead atoms. The van der Waals surface area contributed by atoms with Crippen molar-refractivity contribution in [2.75, 3.05) is 13.1 Å². The predicted molar refractivity (Wildman–Crippen MR) is 56.5 cm³/mol. The van der Waals surface area contributed by atoms with Gasteiger partial charge in [0.05, 0.1) is 12.1 Å². The summed E-state index contributed by atoms with van der Waals surface area (Å²) in [5.41, 5.74) is -0.507. The number of hydrogen-bond acceptors (Lipinski definition) is 1. The van der Waals surface area contributed by atoms with E-state index in [-0.39, 0.29) is 13.0 Å². The molecule has 1 saturated heterocycles. The number of hydrogen-bond donors (Lipinski definition) is 1. The lowest BCUT2D eigenvalue weighted by molar-refractivity contribution is -0.137. The molecule has 1 heterocycles. The molecule has 1 aliphatic heterocycles. The van der Waals surface area contributed by atoms with Gasteiger partial charge in [0.25, 0.3) is 5.92 Å². The molecule has 1 aliphatic rings. The maximum Gasteiger partial charge on any atom is 0.416 e. The van der Waals surface area contributed by atoms with E-state index in [2.05, 4.69) is 5.32 Å². The number of halogens is 5. The summed E-state index contributed by atoms with van der Waals surface area (Å²) in [4.78, 5) is 0. The molecular formula is C12H12F5N. The third-order valence-corrected chi connectivity index (χ3v) is 3.09. The maximum atomic E-state index is 13.3. The molecule has 1 nitrogen and oxygen atoms in total. The van der Waals surface area contributed by atoms with Gasteiger partial charge in [-0.1, -0.05) is 18.2 Å². The Morgan fingerprint density at radius 2 is 2.00 bits per heavy atom. The van der Waals surface area contributed by atoms with Crippen molar-refractivity contribution in [2.45, 2.75) is 18.5 Å². The van der Waals surface area contributed by atoms with E-state index in [4.69, 9.17) is 0 Å². The predicted octanol–water partition coefficient (Wildman–Crippen LogP) is 3.10. The summed E-state index contributed by atoms with van der Waals surface area (Å²) < 4.78 is 64.1. The van der Waals surface area contributed by atoms with Gasteiger partial charge in [0.1, 0.15) is 0 Å². The fraction of sp³-hybridized carbons (Fsp3) is 0.500. The van der Waals surface area contributed by atoms with Crippen molar-refractivity contribution in [3.8, 4) is 0 Å². The van der Waals surface area contributed by atoms with Gasteiger partial charge in [-0.3, -0.25) is 0 Å². The number of nitrogens with one attached hydrogen (secondary N) is 1. The van der Waals surface area contributed by atoms with Gasteiger partial charge in [-0.15, -0.1) is 0 Å². The first-order chi connectivity index (χ1) is 8.29. The van der Waals surface area contributed by atoms with E-state index < -0.39 is 30.1 Å². The molecule has 1 unspecified atom stereocenters. The lowest BCUT2D eigenvalue weighted by Gasteiger charge is -2.18. The molecule has 2 rings (SSSR count). The van der Waals surface area contributed by atoms with Crippen molar-refractivity contribution < 1.29 is 22.0 Å². The molecule has 6 heteroatoms. The molecule has 0 radical (unpaired) electrons. The lowest BCUT2D eigenvalue weighted by Crippen LogP contribution is -2.28. The van der Waals surface area contributed by atoms with E-state index in [1.807, 2.05) is 0 Å². The Hall–Kier alpha value is -1.17. The summed E-state index contributed by atoms with van der Waals surface area (Å²) in [6.45, 7) is -0.278. The number of rotatable bonds is 2. The van der Waals surface area contributed by atoms with Crippen LogP contribution >= 0.6 is 0 Å². The SMILES string of the molecule is FC(F)(F)c1cccc(CC2CNCC2(F)F)c1. The number of alkyl halides is 5. The molecule has 1 aromatic rings. The molecule has 1 fully saturated rings. The lowest BCUT2D eigenvalue weighted by atomic mass is 9.95. The minimum atomic E-state index is -4.44. The highest BCUT2D eigenvalue weighted by Crippen LogP contribution is 2.33. The Morgan fingerprint density at radius 3 is 2.56 bits per heavy atom. The second-order valence-electron chi connectivity index (χ2n) is 4.49. The average molecular weight is 265 g/mol. The monoisotopic (exact) mass is 265 g/mol. The Labute approximate surface area is 101 Å². The first-order valence-corrected chi connectivity index (χ1v) is 5.54. The Balaban J connectivity index is 2.15. The third kappa shape index (κ3) is 2.80. The zero-order valence-electron chi connectivity index (χ0n) is 9.40. The van der Waals surface area contributed by atoms with E-state index in [0.717, 1.165) is 12.1 Å². The molecule has 18 heavy (non-hydrogen) atoms. The van der Waals surface area contributed by atoms with Crippen LogP contribution in [0, 0.1) is 5.92 Å². The van der Waals surface area contributed by atoms with Gasteiger partial charge in [-0.25, -0.2) is 8.78 Å². The van der Waals surface area contributed by atoms with Crippen LogP contribution in [-0.2, 0) is 12.6 Å². The average Bonchev–Trinajstić information content (AvgIpc) is 2.58. The summed E-state index contributed by atoms with van der Waals surface area (Å²) in [7, 11) is 0. The molecule has 100 valence electrons. The van der Waals surface area contributed by atoms with Crippen molar-refractivity contribution >= 4 is 0 Å². The molecule has 0 saturated carbocycles. The van der Waals surface area contributed by atoms with Gasteiger partial charge in [0.2, 0.25) is 0 Å². The Morgan fingerprint density at radius 1 is 1.28 bits per heavy atom. The van der Waals surface area contributed by atoms with Gasteiger partial charge in [-0.2, -0.15) is 13.2 Å². The van der Waals surface area contributed by atoms with E-state index in [0.29, 0.717) is 5.56 Å². The molecular weight excluding hydrogens is 253 g/mol. The molecule has 1 N–H and O–H groups in total. The van der Waals surface area contributed by atoms with Crippen LogP contribution in [0.2, 0.25) is 0 Å². The van der Waals surface area contributed by atoms with Crippen LogP contribution in [0.5, 0.6) is 0 Å². The second kappa shape index (κ2) is 4.50. The van der Waals surface area contributed by atoms with Crippen molar-refractivity contribution in [2.24, 2.45) is 5.92 Å². The summed E-state index contributed by atoms with van der Waals surface area (Å²) >= 11 is 0. The molecule has 1 atom stereocenters. The van der Waals surface area contributed by atoms with Crippen LogP contribution in [0.25, 0.3) is 0 Å². The highest BCUT2D eigenvalue weighted by Gasteiger charge is 2.43. The molecule has 0 aromatic heterocycles. The topological polar surface area (TPSA) is 12.0 Å². The van der Waals surface area contributed by atoms with Crippen molar-refractivity contribution in [1.29, 1.82) is 0 Å². The maximum absolute atomic E-state index is 13.3. The second-order valence-corrected chi connectivity index (χ2v) is 4.49. The van der Waals surface area contributed by atoms with Gasteiger partial charge >= 0.3 is 6.18 Å². The van der Waals surface area contributed by atoms with E-state index >= 15 is 0 Å². The van der Waals surface area contributed by atoms with Crippen LogP contribution in [0.3, 0.4) is 0 Å². The van der Waals surface area contributed by atoms with Crippen LogP contribution in [0.15, 0.2) is 24.3 Å². The fourth-order valence-corrected chi connectivity index (χ4v) is 2.09. The van der Waals surface area contributed by atoms with Crippen molar-refractivity contribution in [3.05, 3.63) is 35.4 Å². The van der Waals surface area contributed by atoms with Gasteiger partial charge < -0.3 is 5.32 Å². The van der Waals surface area contributed by atoms with Crippen LogP contribution in [0.4, 0.5) is 22.0 Å². The summed E-state index contributed by atoms with van der Waals surface area (Å²) in [6.07, 6.45) is -4.49. The normalized spacial score (nSPS) is 23.3. The molecule has 1 aromatic carbocycles. The van der Waals surface area contributed by atoms with Gasteiger partial charge in [-0.05, 0) is 18.1 Å².